The fourth-order valence-corrected chi connectivity index (χ4v) is 3.13. The number of hydrogen-bond acceptors (Lipinski definition) is 7. The first kappa shape index (κ1) is 16.6. The van der Waals surface area contributed by atoms with Crippen molar-refractivity contribution in [3.05, 3.63) is 36.4 Å². The number of anilines is 1. The number of nitrogens with one attached hydrogen (secondary N) is 1. The fraction of sp³-hybridized carbons (Fsp3) is 0.389. The highest BCUT2D eigenvalue weighted by Crippen LogP contribution is 2.28. The number of ether oxygens (including phenoxy) is 2. The number of rotatable bonds is 5. The van der Waals surface area contributed by atoms with E-state index in [2.05, 4.69) is 20.3 Å². The summed E-state index contributed by atoms with van der Waals surface area (Å²) in [5, 5.41) is 13.3. The minimum atomic E-state index is -0.0258. The second-order valence-electron chi connectivity index (χ2n) is 6.22. The van der Waals surface area contributed by atoms with Crippen LogP contribution in [0.1, 0.15) is 31.1 Å². The highest BCUT2D eigenvalue weighted by atomic mass is 16.5. The molecular formula is C18H21N5O3. The van der Waals surface area contributed by atoms with Gasteiger partial charge < -0.3 is 19.9 Å². The van der Waals surface area contributed by atoms with Gasteiger partial charge in [0.15, 0.2) is 17.0 Å². The smallest absolute Gasteiger partial charge is 0.167 e. The van der Waals surface area contributed by atoms with Gasteiger partial charge in [-0.25, -0.2) is 15.0 Å². The molecule has 0 aliphatic carbocycles. The van der Waals surface area contributed by atoms with Crippen LogP contribution in [-0.2, 0) is 11.3 Å². The number of nitrogens with zero attached hydrogens (tertiary/aromatic N) is 4. The van der Waals surface area contributed by atoms with E-state index in [-0.39, 0.29) is 12.0 Å². The molecule has 3 heterocycles. The summed E-state index contributed by atoms with van der Waals surface area (Å²) in [5.74, 6) is 1.41. The molecule has 0 spiro atoms. The molecular weight excluding hydrogens is 334 g/mol. The van der Waals surface area contributed by atoms with Crippen LogP contribution in [-0.4, -0.2) is 38.3 Å². The van der Waals surface area contributed by atoms with Gasteiger partial charge in [0.2, 0.25) is 0 Å². The van der Waals surface area contributed by atoms with Crippen LogP contribution >= 0.6 is 0 Å². The van der Waals surface area contributed by atoms with Crippen molar-refractivity contribution in [1.82, 2.24) is 19.5 Å². The number of phenols is 1. The Bertz CT molecular complexity index is 905. The maximum absolute atomic E-state index is 10.1. The third-order valence-electron chi connectivity index (χ3n) is 4.56. The van der Waals surface area contributed by atoms with E-state index in [1.54, 1.807) is 25.6 Å². The summed E-state index contributed by atoms with van der Waals surface area (Å²) in [6, 6.07) is 5.21. The molecule has 0 amide bonds. The number of benzene rings is 1. The minimum Gasteiger partial charge on any atom is -0.507 e. The highest BCUT2D eigenvalue weighted by Gasteiger charge is 2.20. The Balaban J connectivity index is 1.56. The van der Waals surface area contributed by atoms with E-state index >= 15 is 0 Å². The molecule has 26 heavy (non-hydrogen) atoms. The molecule has 8 heteroatoms. The Morgan fingerprint density at radius 2 is 2.23 bits per heavy atom. The molecule has 8 nitrogen and oxygen atoms in total. The summed E-state index contributed by atoms with van der Waals surface area (Å²) in [7, 11) is 1.57. The number of aromatic hydroxyl groups is 1. The Kier molecular flexibility index (Phi) is 4.57. The van der Waals surface area contributed by atoms with Gasteiger partial charge in [-0.3, -0.25) is 4.57 Å². The van der Waals surface area contributed by atoms with Crippen LogP contribution in [0.2, 0.25) is 0 Å². The van der Waals surface area contributed by atoms with Gasteiger partial charge in [-0.2, -0.15) is 0 Å². The summed E-state index contributed by atoms with van der Waals surface area (Å²) >= 11 is 0. The predicted molar refractivity (Wildman–Crippen MR) is 96.1 cm³/mol. The van der Waals surface area contributed by atoms with Gasteiger partial charge in [-0.15, -0.1) is 0 Å². The van der Waals surface area contributed by atoms with Crippen molar-refractivity contribution in [3.63, 3.8) is 0 Å². The van der Waals surface area contributed by atoms with Crippen LogP contribution < -0.4 is 10.1 Å². The van der Waals surface area contributed by atoms with E-state index in [0.717, 1.165) is 37.1 Å². The third kappa shape index (κ3) is 3.15. The normalized spacial score (nSPS) is 17.3. The average Bonchev–Trinajstić information content (AvgIpc) is 3.12. The van der Waals surface area contributed by atoms with Gasteiger partial charge in [-0.05, 0) is 31.4 Å². The van der Waals surface area contributed by atoms with Crippen molar-refractivity contribution < 1.29 is 14.6 Å². The number of hydrogen-bond donors (Lipinski definition) is 2. The number of phenolic OH excluding ortho intramolecular Hbond substituents is 1. The van der Waals surface area contributed by atoms with Crippen LogP contribution in [0.3, 0.4) is 0 Å². The average molecular weight is 355 g/mol. The summed E-state index contributed by atoms with van der Waals surface area (Å²) in [6.45, 7) is 1.17. The molecule has 136 valence electrons. The summed E-state index contributed by atoms with van der Waals surface area (Å²) < 4.78 is 12.9. The van der Waals surface area contributed by atoms with Gasteiger partial charge in [0.1, 0.15) is 24.1 Å². The van der Waals surface area contributed by atoms with E-state index < -0.39 is 0 Å². The number of fused-ring (bicyclic) bond motifs is 1. The first-order valence-corrected chi connectivity index (χ1v) is 8.65. The Morgan fingerprint density at radius 1 is 1.31 bits per heavy atom. The van der Waals surface area contributed by atoms with Crippen LogP contribution in [0.4, 0.5) is 5.82 Å². The molecule has 1 aliphatic heterocycles. The summed E-state index contributed by atoms with van der Waals surface area (Å²) in [6.07, 6.45) is 6.43. The first-order valence-electron chi connectivity index (χ1n) is 8.65. The molecule has 1 saturated heterocycles. The zero-order chi connectivity index (χ0) is 17.9. The van der Waals surface area contributed by atoms with E-state index in [1.807, 2.05) is 10.6 Å². The Hall–Kier alpha value is -2.87. The molecule has 1 aromatic carbocycles. The lowest BCUT2D eigenvalue weighted by Crippen LogP contribution is -2.17. The predicted octanol–water partition coefficient (Wildman–Crippen LogP) is 2.85. The van der Waals surface area contributed by atoms with Gasteiger partial charge in [0, 0.05) is 24.8 Å². The molecule has 1 unspecified atom stereocenters. The molecule has 1 atom stereocenters. The lowest BCUT2D eigenvalue weighted by atomic mass is 10.2. The van der Waals surface area contributed by atoms with E-state index in [0.29, 0.717) is 23.6 Å². The lowest BCUT2D eigenvalue weighted by Gasteiger charge is -2.23. The Labute approximate surface area is 150 Å². The van der Waals surface area contributed by atoms with E-state index in [4.69, 9.17) is 9.47 Å². The zero-order valence-electron chi connectivity index (χ0n) is 14.6. The lowest BCUT2D eigenvalue weighted by molar-refractivity contribution is -0.0298. The quantitative estimate of drug-likeness (QED) is 0.727. The SMILES string of the molecule is COc1ccc(CNc2ncnc3c2ncn3C2CCCCO2)c(O)c1. The van der Waals surface area contributed by atoms with Crippen LogP contribution in [0, 0.1) is 0 Å². The standard InChI is InChI=1S/C18H21N5O3/c1-25-13-6-5-12(14(24)8-13)9-19-17-16-18(21-10-20-17)23(11-22-16)15-4-2-3-7-26-15/h5-6,8,10-11,15,24H,2-4,7,9H2,1H3,(H,19,20,21). The molecule has 3 aromatic rings. The van der Waals surface area contributed by atoms with Crippen molar-refractivity contribution >= 4 is 17.0 Å². The van der Waals surface area contributed by atoms with Crippen LogP contribution in [0.5, 0.6) is 11.5 Å². The molecule has 1 fully saturated rings. The second kappa shape index (κ2) is 7.17. The maximum Gasteiger partial charge on any atom is 0.167 e. The fourth-order valence-electron chi connectivity index (χ4n) is 3.13. The first-order chi connectivity index (χ1) is 12.8. The van der Waals surface area contributed by atoms with E-state index in [9.17, 15) is 5.11 Å². The van der Waals surface area contributed by atoms with Crippen molar-refractivity contribution in [2.24, 2.45) is 0 Å². The second-order valence-corrected chi connectivity index (χ2v) is 6.22. The summed E-state index contributed by atoms with van der Waals surface area (Å²) in [5.41, 5.74) is 2.18. The van der Waals surface area contributed by atoms with Crippen molar-refractivity contribution in [2.45, 2.75) is 32.0 Å². The number of aromatic nitrogens is 4. The van der Waals surface area contributed by atoms with E-state index in [1.165, 1.54) is 6.33 Å². The molecule has 2 aromatic heterocycles. The van der Waals surface area contributed by atoms with Crippen molar-refractivity contribution in [1.29, 1.82) is 0 Å². The summed E-state index contributed by atoms with van der Waals surface area (Å²) in [4.78, 5) is 13.1. The van der Waals surface area contributed by atoms with Gasteiger partial charge in [-0.1, -0.05) is 0 Å². The highest BCUT2D eigenvalue weighted by molar-refractivity contribution is 5.82. The molecule has 0 bridgehead atoms. The molecule has 2 N–H and O–H groups in total. The van der Waals surface area contributed by atoms with Crippen molar-refractivity contribution in [2.75, 3.05) is 19.0 Å². The molecule has 4 rings (SSSR count). The minimum absolute atomic E-state index is 0.0258. The molecule has 1 aliphatic rings. The topological polar surface area (TPSA) is 94.3 Å². The van der Waals surface area contributed by atoms with Crippen molar-refractivity contribution in [3.8, 4) is 11.5 Å². The maximum atomic E-state index is 10.1. The number of imidazole rings is 1. The largest absolute Gasteiger partial charge is 0.507 e. The third-order valence-corrected chi connectivity index (χ3v) is 4.56. The monoisotopic (exact) mass is 355 g/mol. The zero-order valence-corrected chi connectivity index (χ0v) is 14.6. The van der Waals surface area contributed by atoms with Gasteiger partial charge >= 0.3 is 0 Å². The van der Waals surface area contributed by atoms with Gasteiger partial charge in [0.05, 0.1) is 13.4 Å². The Morgan fingerprint density at radius 3 is 3.00 bits per heavy atom. The number of methoxy groups -OCH3 is 1. The molecule has 0 radical (unpaired) electrons. The molecule has 0 saturated carbocycles. The van der Waals surface area contributed by atoms with Crippen LogP contribution in [0.25, 0.3) is 11.2 Å². The van der Waals surface area contributed by atoms with Crippen LogP contribution in [0.15, 0.2) is 30.9 Å². The van der Waals surface area contributed by atoms with Gasteiger partial charge in [0.25, 0.3) is 0 Å².